The van der Waals surface area contributed by atoms with E-state index in [-0.39, 0.29) is 6.04 Å². The van der Waals surface area contributed by atoms with Gasteiger partial charge in [-0.05, 0) is 48.1 Å². The number of nitrogens with one attached hydrogen (secondary N) is 1. The SMILES string of the molecule is C=C(Nc1ccccc1C)C1=C(CC)C(=C)N(N)C(N2CCc3ccccc3C2c2ccccc2)=N1. The number of guanidine groups is 1. The molecular formula is C31H33N5. The van der Waals surface area contributed by atoms with E-state index in [1.807, 2.05) is 18.2 Å². The molecule has 5 rings (SSSR count). The number of nitrogens with zero attached hydrogens (tertiary/aromatic N) is 3. The van der Waals surface area contributed by atoms with Gasteiger partial charge in [0.1, 0.15) is 0 Å². The summed E-state index contributed by atoms with van der Waals surface area (Å²) in [7, 11) is 0. The number of aryl methyl sites for hydroxylation is 1. The Bertz CT molecular complexity index is 1370. The Hall–Kier alpha value is -4.09. The summed E-state index contributed by atoms with van der Waals surface area (Å²) >= 11 is 0. The van der Waals surface area contributed by atoms with Crippen molar-refractivity contribution in [2.45, 2.75) is 32.7 Å². The fourth-order valence-corrected chi connectivity index (χ4v) is 5.16. The van der Waals surface area contributed by atoms with Crippen LogP contribution in [0.2, 0.25) is 0 Å². The van der Waals surface area contributed by atoms with Crippen LogP contribution in [0.4, 0.5) is 5.69 Å². The van der Waals surface area contributed by atoms with E-state index < -0.39 is 0 Å². The lowest BCUT2D eigenvalue weighted by molar-refractivity contribution is 0.292. The number of para-hydroxylation sites is 1. The molecular weight excluding hydrogens is 442 g/mol. The number of aliphatic imine (C=N–C) groups is 1. The van der Waals surface area contributed by atoms with Gasteiger partial charge in [0.05, 0.1) is 23.1 Å². The molecule has 0 saturated carbocycles. The molecule has 0 bridgehead atoms. The lowest BCUT2D eigenvalue weighted by atomic mass is 9.88. The van der Waals surface area contributed by atoms with Gasteiger partial charge in [-0.15, -0.1) is 0 Å². The van der Waals surface area contributed by atoms with E-state index in [1.54, 1.807) is 5.01 Å². The largest absolute Gasteiger partial charge is 0.354 e. The average molecular weight is 476 g/mol. The van der Waals surface area contributed by atoms with Gasteiger partial charge in [-0.1, -0.05) is 92.9 Å². The van der Waals surface area contributed by atoms with Gasteiger partial charge in [-0.25, -0.2) is 15.8 Å². The molecule has 36 heavy (non-hydrogen) atoms. The van der Waals surface area contributed by atoms with Crippen LogP contribution in [0.1, 0.15) is 41.6 Å². The van der Waals surface area contributed by atoms with Crippen molar-refractivity contribution in [2.75, 3.05) is 11.9 Å². The molecule has 0 amide bonds. The Morgan fingerprint density at radius 2 is 1.72 bits per heavy atom. The van der Waals surface area contributed by atoms with Gasteiger partial charge in [0, 0.05) is 17.8 Å². The van der Waals surface area contributed by atoms with Crippen molar-refractivity contribution in [1.82, 2.24) is 9.91 Å². The highest BCUT2D eigenvalue weighted by molar-refractivity contribution is 5.87. The summed E-state index contributed by atoms with van der Waals surface area (Å²) < 4.78 is 0. The molecule has 182 valence electrons. The van der Waals surface area contributed by atoms with Gasteiger partial charge < -0.3 is 10.2 Å². The van der Waals surface area contributed by atoms with Crippen LogP contribution in [0, 0.1) is 6.92 Å². The molecule has 0 saturated heterocycles. The summed E-state index contributed by atoms with van der Waals surface area (Å²) in [4.78, 5) is 7.47. The lowest BCUT2D eigenvalue weighted by Crippen LogP contribution is -2.52. The highest BCUT2D eigenvalue weighted by Crippen LogP contribution is 2.38. The first-order valence-electron chi connectivity index (χ1n) is 12.5. The number of anilines is 1. The Morgan fingerprint density at radius 3 is 2.47 bits per heavy atom. The predicted octanol–water partition coefficient (Wildman–Crippen LogP) is 6.29. The molecule has 1 unspecified atom stereocenters. The minimum absolute atomic E-state index is 0.00392. The minimum Gasteiger partial charge on any atom is -0.354 e. The second-order valence-electron chi connectivity index (χ2n) is 9.28. The maximum Gasteiger partial charge on any atom is 0.222 e. The van der Waals surface area contributed by atoms with Crippen LogP contribution < -0.4 is 11.2 Å². The zero-order chi connectivity index (χ0) is 25.2. The number of allylic oxidation sites excluding steroid dienone is 1. The van der Waals surface area contributed by atoms with Crippen LogP contribution in [0.15, 0.2) is 120 Å². The van der Waals surface area contributed by atoms with E-state index >= 15 is 0 Å². The number of rotatable bonds is 5. The monoisotopic (exact) mass is 475 g/mol. The molecule has 5 nitrogen and oxygen atoms in total. The van der Waals surface area contributed by atoms with Crippen molar-refractivity contribution in [1.29, 1.82) is 0 Å². The molecule has 0 fully saturated rings. The number of nitrogens with two attached hydrogens (primary N) is 1. The molecule has 2 aliphatic rings. The first-order chi connectivity index (χ1) is 17.5. The first-order valence-corrected chi connectivity index (χ1v) is 12.5. The van der Waals surface area contributed by atoms with Gasteiger partial charge in [0.15, 0.2) is 0 Å². The molecule has 0 radical (unpaired) electrons. The first kappa shape index (κ1) is 23.6. The molecule has 0 spiro atoms. The van der Waals surface area contributed by atoms with Gasteiger partial charge >= 0.3 is 0 Å². The quantitative estimate of drug-likeness (QED) is 0.426. The Morgan fingerprint density at radius 1 is 1.03 bits per heavy atom. The van der Waals surface area contributed by atoms with E-state index in [0.717, 1.165) is 53.3 Å². The maximum absolute atomic E-state index is 6.70. The van der Waals surface area contributed by atoms with Crippen molar-refractivity contribution in [2.24, 2.45) is 10.8 Å². The van der Waals surface area contributed by atoms with Crippen LogP contribution >= 0.6 is 0 Å². The van der Waals surface area contributed by atoms with Crippen molar-refractivity contribution < 1.29 is 0 Å². The molecule has 0 aromatic heterocycles. The third kappa shape index (κ3) is 4.23. The minimum atomic E-state index is -0.00392. The van der Waals surface area contributed by atoms with Gasteiger partial charge in [0.2, 0.25) is 5.96 Å². The van der Waals surface area contributed by atoms with Gasteiger partial charge in [-0.3, -0.25) is 0 Å². The molecule has 5 heteroatoms. The van der Waals surface area contributed by atoms with Crippen molar-refractivity contribution in [3.05, 3.63) is 137 Å². The maximum atomic E-state index is 6.70. The summed E-state index contributed by atoms with van der Waals surface area (Å²) in [6.07, 6.45) is 1.67. The Balaban J connectivity index is 1.59. The number of benzene rings is 3. The zero-order valence-corrected chi connectivity index (χ0v) is 21.0. The summed E-state index contributed by atoms with van der Waals surface area (Å²) in [5.41, 5.74) is 9.27. The predicted molar refractivity (Wildman–Crippen MR) is 149 cm³/mol. The zero-order valence-electron chi connectivity index (χ0n) is 21.0. The number of hydrogen-bond acceptors (Lipinski definition) is 5. The fourth-order valence-electron chi connectivity index (χ4n) is 5.16. The highest BCUT2D eigenvalue weighted by Gasteiger charge is 2.36. The van der Waals surface area contributed by atoms with Crippen LogP contribution in [0.3, 0.4) is 0 Å². The number of hydrazine groups is 1. The fraction of sp³-hybridized carbons (Fsp3) is 0.194. The molecule has 0 aliphatic carbocycles. The summed E-state index contributed by atoms with van der Waals surface area (Å²) in [5, 5.41) is 5.13. The molecule has 3 aromatic carbocycles. The standard InChI is InChI=1S/C31H33N5/c1-5-26-23(4)36(32)31(34-29(26)22(3)33-28-18-12-9-13-21(28)2)35-20-19-24-14-10-11-17-27(24)30(35)25-15-7-6-8-16-25/h6-18,30,33H,3-5,19-20,32H2,1-2H3. The molecule has 2 heterocycles. The van der Waals surface area contributed by atoms with Crippen molar-refractivity contribution in [3.63, 3.8) is 0 Å². The van der Waals surface area contributed by atoms with E-state index in [1.165, 1.54) is 16.7 Å². The molecule has 2 aliphatic heterocycles. The lowest BCUT2D eigenvalue weighted by Gasteiger charge is -2.43. The highest BCUT2D eigenvalue weighted by atomic mass is 15.5. The van der Waals surface area contributed by atoms with Gasteiger partial charge in [0.25, 0.3) is 0 Å². The molecule has 1 atom stereocenters. The van der Waals surface area contributed by atoms with E-state index in [9.17, 15) is 0 Å². The topological polar surface area (TPSA) is 56.9 Å². The van der Waals surface area contributed by atoms with Gasteiger partial charge in [-0.2, -0.15) is 0 Å². The van der Waals surface area contributed by atoms with Crippen LogP contribution in [-0.2, 0) is 6.42 Å². The third-order valence-electron chi connectivity index (χ3n) is 7.08. The van der Waals surface area contributed by atoms with Crippen molar-refractivity contribution >= 4 is 11.6 Å². The Labute approximate surface area is 213 Å². The molecule has 3 N–H and O–H groups in total. The van der Waals surface area contributed by atoms with Crippen LogP contribution in [-0.4, -0.2) is 22.4 Å². The van der Waals surface area contributed by atoms with E-state index in [2.05, 4.69) is 97.9 Å². The van der Waals surface area contributed by atoms with Crippen LogP contribution in [0.5, 0.6) is 0 Å². The summed E-state index contributed by atoms with van der Waals surface area (Å²) in [6.45, 7) is 13.7. The number of fused-ring (bicyclic) bond motifs is 1. The summed E-state index contributed by atoms with van der Waals surface area (Å²) in [6, 6.07) is 27.4. The van der Waals surface area contributed by atoms with E-state index in [4.69, 9.17) is 10.8 Å². The third-order valence-corrected chi connectivity index (χ3v) is 7.08. The second kappa shape index (κ2) is 9.88. The van der Waals surface area contributed by atoms with Crippen molar-refractivity contribution in [3.8, 4) is 0 Å². The van der Waals surface area contributed by atoms with Crippen LogP contribution in [0.25, 0.3) is 0 Å². The number of hydrogen-bond donors (Lipinski definition) is 2. The normalized spacial score (nSPS) is 17.6. The average Bonchev–Trinajstić information content (AvgIpc) is 2.91. The Kier molecular flexibility index (Phi) is 6.49. The smallest absolute Gasteiger partial charge is 0.222 e. The molecule has 3 aromatic rings. The summed E-state index contributed by atoms with van der Waals surface area (Å²) in [5.74, 6) is 7.38. The second-order valence-corrected chi connectivity index (χ2v) is 9.28. The van der Waals surface area contributed by atoms with E-state index in [0.29, 0.717) is 5.96 Å².